The predicted octanol–water partition coefficient (Wildman–Crippen LogP) is 3.39. The van der Waals surface area contributed by atoms with Crippen LogP contribution in [0.4, 0.5) is 0 Å². The normalized spacial score (nSPS) is 10.7. The molecule has 0 saturated carbocycles. The predicted molar refractivity (Wildman–Crippen MR) is 97.0 cm³/mol. The van der Waals surface area contributed by atoms with Crippen molar-refractivity contribution in [2.24, 2.45) is 0 Å². The molecule has 3 rings (SSSR count). The smallest absolute Gasteiger partial charge is 0.200 e. The number of pyridine rings is 1. The molecule has 25 heavy (non-hydrogen) atoms. The quantitative estimate of drug-likeness (QED) is 0.741. The van der Waals surface area contributed by atoms with Crippen LogP contribution in [-0.4, -0.2) is 25.0 Å². The van der Waals surface area contributed by atoms with E-state index in [4.69, 9.17) is 9.47 Å². The van der Waals surface area contributed by atoms with Crippen LogP contribution < -0.4 is 14.9 Å². The van der Waals surface area contributed by atoms with Gasteiger partial charge in [-0.15, -0.1) is 0 Å². The van der Waals surface area contributed by atoms with Gasteiger partial charge in [0, 0.05) is 17.8 Å². The second-order valence-corrected chi connectivity index (χ2v) is 5.91. The van der Waals surface area contributed by atoms with E-state index in [0.717, 1.165) is 11.1 Å². The number of fused-ring (bicyclic) bond motifs is 1. The molecule has 0 saturated heterocycles. The monoisotopic (exact) mass is 337 g/mol. The van der Waals surface area contributed by atoms with E-state index in [1.165, 1.54) is 20.4 Å². The van der Waals surface area contributed by atoms with Crippen molar-refractivity contribution in [3.63, 3.8) is 0 Å². The zero-order chi connectivity index (χ0) is 18.1. The second-order valence-electron chi connectivity index (χ2n) is 5.91. The summed E-state index contributed by atoms with van der Waals surface area (Å²) in [5, 5.41) is 0.382. The van der Waals surface area contributed by atoms with Gasteiger partial charge in [-0.1, -0.05) is 12.1 Å². The summed E-state index contributed by atoms with van der Waals surface area (Å²) in [7, 11) is 3.03. The maximum absolute atomic E-state index is 12.8. The van der Waals surface area contributed by atoms with E-state index in [1.807, 2.05) is 19.9 Å². The average molecular weight is 337 g/mol. The molecule has 0 spiro atoms. The summed E-state index contributed by atoms with van der Waals surface area (Å²) >= 11 is 0. The van der Waals surface area contributed by atoms with E-state index in [1.54, 1.807) is 24.3 Å². The summed E-state index contributed by atoms with van der Waals surface area (Å²) in [5.74, 6) is 0.649. The zero-order valence-corrected chi connectivity index (χ0v) is 14.6. The number of aromatic amines is 1. The molecule has 0 radical (unpaired) electrons. The first-order valence-electron chi connectivity index (χ1n) is 7.85. The third-order valence-corrected chi connectivity index (χ3v) is 4.40. The molecule has 0 aliphatic heterocycles. The van der Waals surface area contributed by atoms with Crippen LogP contribution in [0.15, 0.2) is 41.3 Å². The summed E-state index contributed by atoms with van der Waals surface area (Å²) in [4.78, 5) is 28.6. The van der Waals surface area contributed by atoms with Gasteiger partial charge in [-0.05, 0) is 37.1 Å². The average Bonchev–Trinajstić information content (AvgIpc) is 2.62. The number of hydrogen-bond donors (Lipinski definition) is 1. The lowest BCUT2D eigenvalue weighted by molar-refractivity contribution is 0.103. The molecule has 0 unspecified atom stereocenters. The summed E-state index contributed by atoms with van der Waals surface area (Å²) < 4.78 is 10.5. The number of nitrogens with one attached hydrogen (secondary N) is 1. The number of hydrogen-bond acceptors (Lipinski definition) is 4. The Morgan fingerprint density at radius 3 is 2.28 bits per heavy atom. The van der Waals surface area contributed by atoms with Gasteiger partial charge >= 0.3 is 0 Å². The molecule has 0 amide bonds. The Bertz CT molecular complexity index is 1030. The number of rotatable bonds is 4. The standard InChI is InChI=1S/C20H19NO4/c1-11-5-6-13(7-12(11)2)19(22)15-10-21-16-9-18(25-4)17(24-3)8-14(16)20(15)23/h5-10H,1-4H3,(H,21,23). The number of carbonyl (C=O) groups excluding carboxylic acids is 1. The van der Waals surface area contributed by atoms with Crippen molar-refractivity contribution in [1.82, 2.24) is 4.98 Å². The van der Waals surface area contributed by atoms with Gasteiger partial charge in [0.1, 0.15) is 0 Å². The lowest BCUT2D eigenvalue weighted by Gasteiger charge is -2.10. The molecule has 0 atom stereocenters. The van der Waals surface area contributed by atoms with Crippen LogP contribution >= 0.6 is 0 Å². The van der Waals surface area contributed by atoms with Crippen molar-refractivity contribution in [3.05, 3.63) is 69.0 Å². The van der Waals surface area contributed by atoms with Crippen LogP contribution in [0.2, 0.25) is 0 Å². The van der Waals surface area contributed by atoms with Crippen molar-refractivity contribution in [1.29, 1.82) is 0 Å². The first-order chi connectivity index (χ1) is 12.0. The highest BCUT2D eigenvalue weighted by Gasteiger charge is 2.17. The maximum Gasteiger partial charge on any atom is 0.200 e. The molecule has 1 N–H and O–H groups in total. The molecule has 0 fully saturated rings. The van der Waals surface area contributed by atoms with Crippen LogP contribution in [0.5, 0.6) is 11.5 Å². The fourth-order valence-corrected chi connectivity index (χ4v) is 2.75. The highest BCUT2D eigenvalue weighted by Crippen LogP contribution is 2.30. The molecule has 2 aromatic carbocycles. The minimum Gasteiger partial charge on any atom is -0.493 e. The number of aryl methyl sites for hydroxylation is 2. The Kier molecular flexibility index (Phi) is 4.31. The Morgan fingerprint density at radius 1 is 0.960 bits per heavy atom. The van der Waals surface area contributed by atoms with E-state index < -0.39 is 0 Å². The maximum atomic E-state index is 12.8. The number of H-pyrrole nitrogens is 1. The number of ketones is 1. The van der Waals surface area contributed by atoms with E-state index in [-0.39, 0.29) is 16.8 Å². The van der Waals surface area contributed by atoms with Gasteiger partial charge in [-0.25, -0.2) is 0 Å². The summed E-state index contributed by atoms with van der Waals surface area (Å²) in [5.41, 5.74) is 2.95. The largest absolute Gasteiger partial charge is 0.493 e. The number of aromatic nitrogens is 1. The molecule has 3 aromatic rings. The second kappa shape index (κ2) is 6.43. The van der Waals surface area contributed by atoms with Gasteiger partial charge in [0.2, 0.25) is 5.43 Å². The summed E-state index contributed by atoms with van der Waals surface area (Å²) in [6, 6.07) is 8.69. The molecule has 0 bridgehead atoms. The molecule has 0 aliphatic rings. The third kappa shape index (κ3) is 2.89. The molecular formula is C20H19NO4. The van der Waals surface area contributed by atoms with E-state index >= 15 is 0 Å². The number of ether oxygens (including phenoxy) is 2. The topological polar surface area (TPSA) is 68.4 Å². The molecule has 5 nitrogen and oxygen atoms in total. The van der Waals surface area contributed by atoms with Crippen molar-refractivity contribution in [2.75, 3.05) is 14.2 Å². The summed E-state index contributed by atoms with van der Waals surface area (Å²) in [6.45, 7) is 3.92. The van der Waals surface area contributed by atoms with Gasteiger partial charge in [0.25, 0.3) is 0 Å². The highest BCUT2D eigenvalue weighted by atomic mass is 16.5. The Morgan fingerprint density at radius 2 is 1.64 bits per heavy atom. The van der Waals surface area contributed by atoms with Crippen LogP contribution in [0.3, 0.4) is 0 Å². The van der Waals surface area contributed by atoms with Crippen molar-refractivity contribution in [3.8, 4) is 11.5 Å². The van der Waals surface area contributed by atoms with Gasteiger partial charge in [0.15, 0.2) is 17.3 Å². The fraction of sp³-hybridized carbons (Fsp3) is 0.200. The highest BCUT2D eigenvalue weighted by molar-refractivity contribution is 6.10. The van der Waals surface area contributed by atoms with Crippen LogP contribution in [0.1, 0.15) is 27.0 Å². The van der Waals surface area contributed by atoms with Crippen LogP contribution in [-0.2, 0) is 0 Å². The first-order valence-corrected chi connectivity index (χ1v) is 7.85. The van der Waals surface area contributed by atoms with Crippen molar-refractivity contribution >= 4 is 16.7 Å². The minimum atomic E-state index is -0.335. The number of carbonyl (C=O) groups is 1. The molecule has 0 aliphatic carbocycles. The van der Waals surface area contributed by atoms with Crippen molar-refractivity contribution in [2.45, 2.75) is 13.8 Å². The van der Waals surface area contributed by atoms with Crippen LogP contribution in [0.25, 0.3) is 10.9 Å². The van der Waals surface area contributed by atoms with Gasteiger partial charge in [-0.2, -0.15) is 0 Å². The minimum absolute atomic E-state index is 0.1000. The Labute approximate surface area is 145 Å². The molecule has 128 valence electrons. The van der Waals surface area contributed by atoms with E-state index in [9.17, 15) is 9.59 Å². The number of benzene rings is 2. The summed E-state index contributed by atoms with van der Waals surface area (Å²) in [6.07, 6.45) is 1.45. The van der Waals surface area contributed by atoms with Gasteiger partial charge in [0.05, 0.1) is 30.7 Å². The fourth-order valence-electron chi connectivity index (χ4n) is 2.75. The lowest BCUT2D eigenvalue weighted by Crippen LogP contribution is -2.17. The zero-order valence-electron chi connectivity index (χ0n) is 14.6. The Balaban J connectivity index is 2.17. The third-order valence-electron chi connectivity index (χ3n) is 4.40. The van der Waals surface area contributed by atoms with Gasteiger partial charge in [-0.3, -0.25) is 9.59 Å². The first kappa shape index (κ1) is 16.8. The SMILES string of the molecule is COc1cc2[nH]cc(C(=O)c3ccc(C)c(C)c3)c(=O)c2cc1OC. The van der Waals surface area contributed by atoms with E-state index in [0.29, 0.717) is 28.0 Å². The Hall–Kier alpha value is -3.08. The van der Waals surface area contributed by atoms with E-state index in [2.05, 4.69) is 4.98 Å². The number of methoxy groups -OCH3 is 2. The van der Waals surface area contributed by atoms with Crippen molar-refractivity contribution < 1.29 is 14.3 Å². The lowest BCUT2D eigenvalue weighted by atomic mass is 9.99. The molecule has 1 aromatic heterocycles. The van der Waals surface area contributed by atoms with Gasteiger partial charge < -0.3 is 14.5 Å². The molecule has 1 heterocycles. The van der Waals surface area contributed by atoms with Crippen LogP contribution in [0, 0.1) is 13.8 Å². The molecular weight excluding hydrogens is 318 g/mol. The molecule has 5 heteroatoms.